The molecule has 0 unspecified atom stereocenters. The summed E-state index contributed by atoms with van der Waals surface area (Å²) in [5, 5.41) is 0. The molecule has 0 fully saturated rings. The van der Waals surface area contributed by atoms with Gasteiger partial charge in [0.15, 0.2) is 0 Å². The Morgan fingerprint density at radius 1 is 1.24 bits per heavy atom. The number of rotatable bonds is 4. The average Bonchev–Trinajstić information content (AvgIpc) is 2.88. The van der Waals surface area contributed by atoms with Crippen molar-refractivity contribution in [1.29, 1.82) is 0 Å². The Kier molecular flexibility index (Phi) is 4.74. The minimum absolute atomic E-state index is 0.470. The van der Waals surface area contributed by atoms with Crippen LogP contribution in [0.2, 0.25) is 0 Å². The minimum atomic E-state index is 0.470. The molecule has 0 saturated heterocycles. The third kappa shape index (κ3) is 3.23. The smallest absolute Gasteiger partial charge is 0.148 e. The number of aryl methyl sites for hydroxylation is 4. The predicted molar refractivity (Wildman–Crippen MR) is 105 cm³/mol. The minimum Gasteiger partial charge on any atom is -0.487 e. The van der Waals surface area contributed by atoms with Crippen molar-refractivity contribution in [3.63, 3.8) is 0 Å². The fourth-order valence-electron chi connectivity index (χ4n) is 2.92. The molecule has 3 aromatic rings. The molecule has 0 radical (unpaired) electrons. The van der Waals surface area contributed by atoms with Gasteiger partial charge in [-0.15, -0.1) is 0 Å². The van der Waals surface area contributed by atoms with Crippen LogP contribution in [0.5, 0.6) is 5.75 Å². The Hall–Kier alpha value is -2.44. The molecule has 3 rings (SSSR count). The lowest BCUT2D eigenvalue weighted by atomic mass is 10.0. The second-order valence-electron chi connectivity index (χ2n) is 6.19. The molecule has 130 valence electrons. The normalized spacial score (nSPS) is 10.9. The highest BCUT2D eigenvalue weighted by molar-refractivity contribution is 7.80. The number of hydrazine groups is 1. The first-order valence-corrected chi connectivity index (χ1v) is 8.49. The second-order valence-corrected chi connectivity index (χ2v) is 6.60. The van der Waals surface area contributed by atoms with E-state index in [-0.39, 0.29) is 0 Å². The Bertz CT molecular complexity index is 941. The summed E-state index contributed by atoms with van der Waals surface area (Å²) in [6, 6.07) is 10.1. The number of benzene rings is 2. The van der Waals surface area contributed by atoms with Crippen molar-refractivity contribution in [3.05, 3.63) is 58.4 Å². The van der Waals surface area contributed by atoms with E-state index in [1.807, 2.05) is 30.7 Å². The van der Waals surface area contributed by atoms with Crippen LogP contribution in [0.15, 0.2) is 30.3 Å². The molecular formula is C19H22N4OS. The number of nitrogens with one attached hydrogen (secondary N) is 1. The SMILES string of the molecule is Cc1cccc(C)c1COc1cc(C(=S)NN)cc2c1nc(C)n2C. The molecule has 6 heteroatoms. The van der Waals surface area contributed by atoms with E-state index in [0.29, 0.717) is 17.3 Å². The summed E-state index contributed by atoms with van der Waals surface area (Å²) in [4.78, 5) is 5.11. The van der Waals surface area contributed by atoms with Crippen molar-refractivity contribution in [1.82, 2.24) is 15.0 Å². The third-order valence-electron chi connectivity index (χ3n) is 4.58. The summed E-state index contributed by atoms with van der Waals surface area (Å²) in [6.07, 6.45) is 0. The molecule has 0 atom stereocenters. The van der Waals surface area contributed by atoms with E-state index in [1.54, 1.807) is 0 Å². The van der Waals surface area contributed by atoms with Crippen LogP contribution in [-0.2, 0) is 13.7 Å². The van der Waals surface area contributed by atoms with Gasteiger partial charge in [-0.2, -0.15) is 0 Å². The van der Waals surface area contributed by atoms with Gasteiger partial charge in [-0.25, -0.2) is 10.8 Å². The molecule has 0 bridgehead atoms. The summed E-state index contributed by atoms with van der Waals surface area (Å²) in [5.41, 5.74) is 8.75. The van der Waals surface area contributed by atoms with Crippen LogP contribution in [0.1, 0.15) is 28.1 Å². The van der Waals surface area contributed by atoms with Gasteiger partial charge in [-0.1, -0.05) is 30.4 Å². The topological polar surface area (TPSA) is 65.1 Å². The zero-order chi connectivity index (χ0) is 18.1. The van der Waals surface area contributed by atoms with E-state index in [0.717, 1.165) is 22.4 Å². The number of fused-ring (bicyclic) bond motifs is 1. The van der Waals surface area contributed by atoms with Gasteiger partial charge in [0.1, 0.15) is 28.7 Å². The summed E-state index contributed by atoms with van der Waals surface area (Å²) >= 11 is 5.29. The number of aromatic nitrogens is 2. The fourth-order valence-corrected chi connectivity index (χ4v) is 3.04. The van der Waals surface area contributed by atoms with Crippen LogP contribution in [0.3, 0.4) is 0 Å². The van der Waals surface area contributed by atoms with Crippen LogP contribution in [0, 0.1) is 20.8 Å². The molecule has 0 aliphatic rings. The summed E-state index contributed by atoms with van der Waals surface area (Å²) in [7, 11) is 1.97. The molecule has 0 saturated carbocycles. The first-order valence-electron chi connectivity index (χ1n) is 8.08. The van der Waals surface area contributed by atoms with E-state index < -0.39 is 0 Å². The third-order valence-corrected chi connectivity index (χ3v) is 4.94. The van der Waals surface area contributed by atoms with Crippen LogP contribution < -0.4 is 16.0 Å². The van der Waals surface area contributed by atoms with Gasteiger partial charge in [-0.05, 0) is 49.6 Å². The number of hydrogen-bond donors (Lipinski definition) is 2. The van der Waals surface area contributed by atoms with E-state index >= 15 is 0 Å². The molecule has 2 aromatic carbocycles. The fraction of sp³-hybridized carbons (Fsp3) is 0.263. The van der Waals surface area contributed by atoms with E-state index in [1.165, 1.54) is 16.7 Å². The van der Waals surface area contributed by atoms with E-state index in [9.17, 15) is 0 Å². The Labute approximate surface area is 152 Å². The van der Waals surface area contributed by atoms with Crippen molar-refractivity contribution in [2.45, 2.75) is 27.4 Å². The van der Waals surface area contributed by atoms with Gasteiger partial charge in [0.05, 0.1) is 5.52 Å². The van der Waals surface area contributed by atoms with Crippen LogP contribution >= 0.6 is 12.2 Å². The summed E-state index contributed by atoms with van der Waals surface area (Å²) in [5.74, 6) is 7.11. The number of thiocarbonyl (C=S) groups is 1. The lowest BCUT2D eigenvalue weighted by Gasteiger charge is -2.13. The van der Waals surface area contributed by atoms with E-state index in [4.69, 9.17) is 22.8 Å². The average molecular weight is 354 g/mol. The lowest BCUT2D eigenvalue weighted by Crippen LogP contribution is -2.29. The van der Waals surface area contributed by atoms with Crippen molar-refractivity contribution in [2.75, 3.05) is 0 Å². The summed E-state index contributed by atoms with van der Waals surface area (Å²) < 4.78 is 8.18. The van der Waals surface area contributed by atoms with Gasteiger partial charge in [-0.3, -0.25) is 0 Å². The van der Waals surface area contributed by atoms with Crippen LogP contribution in [0.4, 0.5) is 0 Å². The standard InChI is InChI=1S/C19H22N4OS/c1-11-6-5-7-12(2)15(11)10-24-17-9-14(19(25)22-20)8-16-18(17)21-13(3)23(16)4/h5-9H,10,20H2,1-4H3,(H,22,25). The number of ether oxygens (including phenoxy) is 1. The number of nitrogens with zero attached hydrogens (tertiary/aromatic N) is 2. The van der Waals surface area contributed by atoms with Crippen LogP contribution in [0.25, 0.3) is 11.0 Å². The lowest BCUT2D eigenvalue weighted by molar-refractivity contribution is 0.308. The molecule has 1 aromatic heterocycles. The van der Waals surface area contributed by atoms with Crippen LogP contribution in [-0.4, -0.2) is 14.5 Å². The monoisotopic (exact) mass is 354 g/mol. The molecule has 1 heterocycles. The maximum Gasteiger partial charge on any atom is 0.148 e. The highest BCUT2D eigenvalue weighted by Gasteiger charge is 2.15. The second kappa shape index (κ2) is 6.82. The van der Waals surface area contributed by atoms with Crippen molar-refractivity contribution in [2.24, 2.45) is 12.9 Å². The quantitative estimate of drug-likeness (QED) is 0.428. The molecule has 0 spiro atoms. The van der Waals surface area contributed by atoms with E-state index in [2.05, 4.69) is 42.5 Å². The summed E-state index contributed by atoms with van der Waals surface area (Å²) in [6.45, 7) is 6.64. The molecule has 0 aliphatic heterocycles. The molecular weight excluding hydrogens is 332 g/mol. The van der Waals surface area contributed by atoms with Gasteiger partial charge in [0.2, 0.25) is 0 Å². The van der Waals surface area contributed by atoms with Gasteiger partial charge < -0.3 is 14.7 Å². The highest BCUT2D eigenvalue weighted by Crippen LogP contribution is 2.29. The highest BCUT2D eigenvalue weighted by atomic mass is 32.1. The zero-order valence-electron chi connectivity index (χ0n) is 14.9. The molecule has 0 amide bonds. The number of imidazole rings is 1. The Balaban J connectivity index is 2.05. The van der Waals surface area contributed by atoms with Crippen molar-refractivity contribution >= 4 is 28.2 Å². The van der Waals surface area contributed by atoms with Gasteiger partial charge in [0.25, 0.3) is 0 Å². The van der Waals surface area contributed by atoms with Crippen molar-refractivity contribution < 1.29 is 4.74 Å². The molecule has 5 nitrogen and oxygen atoms in total. The maximum absolute atomic E-state index is 6.17. The number of nitrogens with two attached hydrogens (primary N) is 1. The molecule has 3 N–H and O–H groups in total. The molecule has 0 aliphatic carbocycles. The Morgan fingerprint density at radius 3 is 2.56 bits per heavy atom. The first kappa shape index (κ1) is 17.4. The largest absolute Gasteiger partial charge is 0.487 e. The maximum atomic E-state index is 6.17. The first-order chi connectivity index (χ1) is 11.9. The van der Waals surface area contributed by atoms with Gasteiger partial charge >= 0.3 is 0 Å². The predicted octanol–water partition coefficient (Wildman–Crippen LogP) is 3.22. The molecule has 25 heavy (non-hydrogen) atoms. The zero-order valence-corrected chi connectivity index (χ0v) is 15.7. The number of hydrogen-bond acceptors (Lipinski definition) is 4. The Morgan fingerprint density at radius 2 is 1.92 bits per heavy atom. The van der Waals surface area contributed by atoms with Crippen molar-refractivity contribution in [3.8, 4) is 5.75 Å². The van der Waals surface area contributed by atoms with Gasteiger partial charge in [0, 0.05) is 12.6 Å².